The summed E-state index contributed by atoms with van der Waals surface area (Å²) < 4.78 is 5.05. The van der Waals surface area contributed by atoms with Gasteiger partial charge < -0.3 is 4.74 Å². The number of hydrogen-bond acceptors (Lipinski definition) is 2. The highest BCUT2D eigenvalue weighted by Crippen LogP contribution is 2.12. The van der Waals surface area contributed by atoms with Crippen LogP contribution in [0.1, 0.15) is 18.4 Å². The van der Waals surface area contributed by atoms with Gasteiger partial charge in [-0.15, -0.1) is 0 Å². The van der Waals surface area contributed by atoms with Gasteiger partial charge in [0, 0.05) is 13.2 Å². The standard InChI is InChI=1S/C7H8.C6H9NO/c1-7-5-3-2-4-6-7;7-5-6-1-3-8-4-2-6/h2-6H,1H3;6H,1-4H2. The molecule has 1 aliphatic rings. The molecule has 1 aliphatic heterocycles. The Kier molecular flexibility index (Phi) is 5.50. The number of rotatable bonds is 0. The largest absolute Gasteiger partial charge is 0.381 e. The molecule has 2 nitrogen and oxygen atoms in total. The van der Waals surface area contributed by atoms with E-state index in [-0.39, 0.29) is 5.92 Å². The second kappa shape index (κ2) is 7.03. The van der Waals surface area contributed by atoms with Crippen molar-refractivity contribution >= 4 is 0 Å². The fraction of sp³-hybridized carbons (Fsp3) is 0.462. The molecular weight excluding hydrogens is 186 g/mol. The molecule has 0 saturated carbocycles. The highest BCUT2D eigenvalue weighted by molar-refractivity contribution is 5.11. The summed E-state index contributed by atoms with van der Waals surface area (Å²) in [6, 6.07) is 12.5. The molecule has 0 atom stereocenters. The molecule has 1 fully saturated rings. The van der Waals surface area contributed by atoms with Gasteiger partial charge in [0.05, 0.1) is 12.0 Å². The van der Waals surface area contributed by atoms with Gasteiger partial charge in [0.25, 0.3) is 0 Å². The monoisotopic (exact) mass is 203 g/mol. The van der Waals surface area contributed by atoms with Crippen molar-refractivity contribution in [3.63, 3.8) is 0 Å². The lowest BCUT2D eigenvalue weighted by Crippen LogP contribution is -2.13. The van der Waals surface area contributed by atoms with Crippen molar-refractivity contribution in [2.45, 2.75) is 19.8 Å². The number of benzene rings is 1. The highest BCUT2D eigenvalue weighted by atomic mass is 16.5. The van der Waals surface area contributed by atoms with Crippen LogP contribution >= 0.6 is 0 Å². The second-order valence-corrected chi connectivity index (χ2v) is 3.67. The van der Waals surface area contributed by atoms with Crippen molar-refractivity contribution in [2.75, 3.05) is 13.2 Å². The molecule has 15 heavy (non-hydrogen) atoms. The van der Waals surface area contributed by atoms with Crippen LogP contribution < -0.4 is 0 Å². The molecule has 1 aromatic carbocycles. The van der Waals surface area contributed by atoms with Crippen LogP contribution in [0.15, 0.2) is 30.3 Å². The topological polar surface area (TPSA) is 33.0 Å². The smallest absolute Gasteiger partial charge is 0.0657 e. The minimum Gasteiger partial charge on any atom is -0.381 e. The Balaban J connectivity index is 0.000000151. The number of nitrogens with zero attached hydrogens (tertiary/aromatic N) is 1. The predicted octanol–water partition coefficient (Wildman–Crippen LogP) is 2.93. The second-order valence-electron chi connectivity index (χ2n) is 3.67. The number of ether oxygens (including phenoxy) is 1. The Morgan fingerprint density at radius 1 is 1.20 bits per heavy atom. The Morgan fingerprint density at radius 2 is 1.80 bits per heavy atom. The van der Waals surface area contributed by atoms with Crippen molar-refractivity contribution < 1.29 is 4.74 Å². The van der Waals surface area contributed by atoms with Gasteiger partial charge >= 0.3 is 0 Å². The molecular formula is C13H17NO. The average Bonchev–Trinajstić information content (AvgIpc) is 2.32. The quantitative estimate of drug-likeness (QED) is 0.649. The van der Waals surface area contributed by atoms with E-state index in [4.69, 9.17) is 10.00 Å². The molecule has 0 aliphatic carbocycles. The molecule has 2 heteroatoms. The summed E-state index contributed by atoms with van der Waals surface area (Å²) in [6.07, 6.45) is 1.85. The maximum atomic E-state index is 8.39. The molecule has 0 N–H and O–H groups in total. The molecule has 1 heterocycles. The van der Waals surface area contributed by atoms with E-state index < -0.39 is 0 Å². The van der Waals surface area contributed by atoms with E-state index in [2.05, 4.69) is 25.1 Å². The van der Waals surface area contributed by atoms with E-state index >= 15 is 0 Å². The molecule has 0 aromatic heterocycles. The molecule has 0 radical (unpaired) electrons. The summed E-state index contributed by atoms with van der Waals surface area (Å²) >= 11 is 0. The van der Waals surface area contributed by atoms with Gasteiger partial charge in [0.1, 0.15) is 0 Å². The Labute approximate surface area is 91.5 Å². The predicted molar refractivity (Wildman–Crippen MR) is 60.3 cm³/mol. The van der Waals surface area contributed by atoms with E-state index in [1.807, 2.05) is 18.2 Å². The summed E-state index contributed by atoms with van der Waals surface area (Å²) in [5.41, 5.74) is 1.32. The normalized spacial score (nSPS) is 16.0. The van der Waals surface area contributed by atoms with Crippen molar-refractivity contribution in [3.8, 4) is 6.07 Å². The average molecular weight is 203 g/mol. The molecule has 1 saturated heterocycles. The van der Waals surface area contributed by atoms with Crippen LogP contribution in [0.5, 0.6) is 0 Å². The van der Waals surface area contributed by atoms with E-state index in [0.717, 1.165) is 26.1 Å². The molecule has 1 aromatic rings. The number of aryl methyl sites for hydroxylation is 1. The third-order valence-corrected chi connectivity index (χ3v) is 2.34. The van der Waals surface area contributed by atoms with E-state index in [1.54, 1.807) is 0 Å². The number of nitriles is 1. The summed E-state index contributed by atoms with van der Waals surface area (Å²) in [4.78, 5) is 0. The molecule has 0 spiro atoms. The van der Waals surface area contributed by atoms with Crippen molar-refractivity contribution in [2.24, 2.45) is 5.92 Å². The first-order valence-electron chi connectivity index (χ1n) is 5.32. The van der Waals surface area contributed by atoms with Gasteiger partial charge in [-0.25, -0.2) is 0 Å². The third-order valence-electron chi connectivity index (χ3n) is 2.34. The third kappa shape index (κ3) is 5.19. The Hall–Kier alpha value is -1.33. The van der Waals surface area contributed by atoms with E-state index in [0.29, 0.717) is 0 Å². The van der Waals surface area contributed by atoms with Crippen molar-refractivity contribution in [3.05, 3.63) is 35.9 Å². The van der Waals surface area contributed by atoms with Gasteiger partial charge in [-0.1, -0.05) is 35.9 Å². The Morgan fingerprint density at radius 3 is 2.13 bits per heavy atom. The zero-order valence-corrected chi connectivity index (χ0v) is 9.15. The minimum absolute atomic E-state index is 0.267. The first-order valence-corrected chi connectivity index (χ1v) is 5.32. The maximum absolute atomic E-state index is 8.39. The lowest BCUT2D eigenvalue weighted by atomic mass is 10.0. The molecule has 0 amide bonds. The summed E-state index contributed by atoms with van der Waals surface area (Å²) in [5, 5.41) is 8.39. The van der Waals surface area contributed by atoms with Gasteiger partial charge in [0.2, 0.25) is 0 Å². The van der Waals surface area contributed by atoms with Crippen LogP contribution in [0.2, 0.25) is 0 Å². The van der Waals surface area contributed by atoms with Gasteiger partial charge in [-0.05, 0) is 19.8 Å². The minimum atomic E-state index is 0.267. The van der Waals surface area contributed by atoms with Gasteiger partial charge in [0.15, 0.2) is 0 Å². The number of hydrogen-bond donors (Lipinski definition) is 0. The Bertz CT molecular complexity index is 296. The van der Waals surface area contributed by atoms with Crippen LogP contribution in [0.4, 0.5) is 0 Å². The first-order chi connectivity index (χ1) is 7.33. The van der Waals surface area contributed by atoms with Crippen LogP contribution in [0.3, 0.4) is 0 Å². The molecule has 0 bridgehead atoms. The van der Waals surface area contributed by atoms with Gasteiger partial charge in [-0.3, -0.25) is 0 Å². The van der Waals surface area contributed by atoms with Crippen LogP contribution in [0.25, 0.3) is 0 Å². The zero-order valence-electron chi connectivity index (χ0n) is 9.15. The highest BCUT2D eigenvalue weighted by Gasteiger charge is 2.11. The molecule has 2 rings (SSSR count). The van der Waals surface area contributed by atoms with Crippen LogP contribution in [-0.4, -0.2) is 13.2 Å². The fourth-order valence-electron chi connectivity index (χ4n) is 1.36. The zero-order chi connectivity index (χ0) is 10.9. The summed E-state index contributed by atoms with van der Waals surface area (Å²) in [5.74, 6) is 0.267. The molecule has 0 unspecified atom stereocenters. The molecule has 80 valence electrons. The van der Waals surface area contributed by atoms with Gasteiger partial charge in [-0.2, -0.15) is 5.26 Å². The first kappa shape index (κ1) is 11.7. The summed E-state index contributed by atoms with van der Waals surface area (Å²) in [7, 11) is 0. The fourth-order valence-corrected chi connectivity index (χ4v) is 1.36. The maximum Gasteiger partial charge on any atom is 0.0657 e. The van der Waals surface area contributed by atoms with Crippen LogP contribution in [-0.2, 0) is 4.74 Å². The SMILES string of the molecule is Cc1ccccc1.N#CC1CCOCC1. The summed E-state index contributed by atoms with van der Waals surface area (Å²) in [6.45, 7) is 3.64. The lowest BCUT2D eigenvalue weighted by Gasteiger charge is -2.14. The van der Waals surface area contributed by atoms with E-state index in [1.165, 1.54) is 5.56 Å². The van der Waals surface area contributed by atoms with Crippen molar-refractivity contribution in [1.29, 1.82) is 5.26 Å². The van der Waals surface area contributed by atoms with Crippen molar-refractivity contribution in [1.82, 2.24) is 0 Å². The lowest BCUT2D eigenvalue weighted by molar-refractivity contribution is 0.0802. The van der Waals surface area contributed by atoms with Crippen LogP contribution in [0, 0.1) is 24.2 Å². The van der Waals surface area contributed by atoms with E-state index in [9.17, 15) is 0 Å².